The van der Waals surface area contributed by atoms with Crippen LogP contribution in [0, 0.1) is 10.1 Å². The minimum atomic E-state index is -0.492. The zero-order chi connectivity index (χ0) is 17.2. The number of anilines is 1. The van der Waals surface area contributed by atoms with Crippen molar-refractivity contribution in [3.63, 3.8) is 0 Å². The molecule has 26 heavy (non-hydrogen) atoms. The average Bonchev–Trinajstić information content (AvgIpc) is 3.10. The first-order chi connectivity index (χ1) is 12.2. The largest absolute Gasteiger partial charge is 0.382 e. The number of imidazole rings is 1. The first kappa shape index (κ1) is 17.6. The second-order valence-electron chi connectivity index (χ2n) is 5.67. The van der Waals surface area contributed by atoms with Gasteiger partial charge in [0.1, 0.15) is 6.20 Å². The number of benzene rings is 2. The van der Waals surface area contributed by atoms with Crippen LogP contribution < -0.4 is 5.32 Å². The summed E-state index contributed by atoms with van der Waals surface area (Å²) in [4.78, 5) is 18.7. The molecule has 0 aliphatic rings. The number of fused-ring (bicyclic) bond motifs is 2. The Kier molecular flexibility index (Phi) is 4.99. The third-order valence-electron chi connectivity index (χ3n) is 4.07. The third kappa shape index (κ3) is 3.29. The van der Waals surface area contributed by atoms with Crippen LogP contribution in [0.2, 0.25) is 0 Å². The van der Waals surface area contributed by atoms with E-state index in [0.29, 0.717) is 13.1 Å². The molecule has 4 rings (SSSR count). The van der Waals surface area contributed by atoms with E-state index in [1.807, 2.05) is 48.5 Å². The highest BCUT2D eigenvalue weighted by molar-refractivity contribution is 6.07. The van der Waals surface area contributed by atoms with Gasteiger partial charge in [0, 0.05) is 23.9 Å². The Morgan fingerprint density at radius 3 is 2.23 bits per heavy atom. The van der Waals surface area contributed by atoms with Crippen LogP contribution in [0.3, 0.4) is 0 Å². The van der Waals surface area contributed by atoms with E-state index in [9.17, 15) is 10.1 Å². The lowest BCUT2D eigenvalue weighted by Crippen LogP contribution is -2.10. The first-order valence-corrected chi connectivity index (χ1v) is 7.90. The molecule has 0 spiro atoms. The maximum Gasteiger partial charge on any atom is 0.381 e. The van der Waals surface area contributed by atoms with E-state index < -0.39 is 4.92 Å². The van der Waals surface area contributed by atoms with Crippen molar-refractivity contribution in [2.75, 3.05) is 11.9 Å². The molecular formula is C18H16ClN5O2. The molecule has 2 heterocycles. The molecule has 0 bridgehead atoms. The fraction of sp³-hybridized carbons (Fsp3) is 0.111. The van der Waals surface area contributed by atoms with Crippen LogP contribution in [-0.4, -0.2) is 26.0 Å². The van der Waals surface area contributed by atoms with Gasteiger partial charge in [0.25, 0.3) is 0 Å². The predicted octanol–water partition coefficient (Wildman–Crippen LogP) is 4.03. The number of para-hydroxylation sites is 2. The monoisotopic (exact) mass is 369 g/mol. The molecule has 2 aromatic carbocycles. The SMILES string of the molecule is Cl.O=[N+]([O-])c1cn(CCNc2c3ccccc3nc3ccccc23)cn1. The molecule has 0 amide bonds. The van der Waals surface area contributed by atoms with E-state index in [0.717, 1.165) is 27.5 Å². The summed E-state index contributed by atoms with van der Waals surface area (Å²) in [5.74, 6) is -0.139. The minimum Gasteiger partial charge on any atom is -0.382 e. The third-order valence-corrected chi connectivity index (χ3v) is 4.07. The molecule has 0 radical (unpaired) electrons. The molecule has 7 nitrogen and oxygen atoms in total. The smallest absolute Gasteiger partial charge is 0.381 e. The van der Waals surface area contributed by atoms with Gasteiger partial charge in [-0.25, -0.2) is 4.98 Å². The van der Waals surface area contributed by atoms with Crippen molar-refractivity contribution >= 4 is 45.7 Å². The fourth-order valence-corrected chi connectivity index (χ4v) is 2.91. The molecule has 0 fully saturated rings. The molecular weight excluding hydrogens is 354 g/mol. The summed E-state index contributed by atoms with van der Waals surface area (Å²) in [6.45, 7) is 1.19. The first-order valence-electron chi connectivity index (χ1n) is 7.90. The maximum atomic E-state index is 10.7. The van der Waals surface area contributed by atoms with Crippen molar-refractivity contribution in [2.45, 2.75) is 6.54 Å². The van der Waals surface area contributed by atoms with Gasteiger partial charge in [0.15, 0.2) is 0 Å². The lowest BCUT2D eigenvalue weighted by atomic mass is 10.1. The molecule has 132 valence electrons. The molecule has 0 saturated heterocycles. The fourth-order valence-electron chi connectivity index (χ4n) is 2.91. The Morgan fingerprint density at radius 1 is 1.04 bits per heavy atom. The maximum absolute atomic E-state index is 10.7. The number of aromatic nitrogens is 3. The van der Waals surface area contributed by atoms with Gasteiger partial charge < -0.3 is 20.0 Å². The van der Waals surface area contributed by atoms with Crippen LogP contribution >= 0.6 is 12.4 Å². The Hall–Kier alpha value is -3.19. The van der Waals surface area contributed by atoms with Gasteiger partial charge in [0.2, 0.25) is 6.33 Å². The molecule has 0 atom stereocenters. The van der Waals surface area contributed by atoms with Crippen LogP contribution in [-0.2, 0) is 6.54 Å². The Bertz CT molecular complexity index is 1030. The quantitative estimate of drug-likeness (QED) is 0.326. The Labute approximate surface area is 155 Å². The van der Waals surface area contributed by atoms with Crippen molar-refractivity contribution in [1.29, 1.82) is 0 Å². The second-order valence-corrected chi connectivity index (χ2v) is 5.67. The van der Waals surface area contributed by atoms with Gasteiger partial charge in [0.05, 0.1) is 16.7 Å². The van der Waals surface area contributed by atoms with Gasteiger partial charge in [-0.1, -0.05) is 36.4 Å². The highest BCUT2D eigenvalue weighted by Gasteiger charge is 2.11. The number of hydrogen-bond donors (Lipinski definition) is 1. The number of hydrogen-bond acceptors (Lipinski definition) is 5. The van der Waals surface area contributed by atoms with E-state index >= 15 is 0 Å². The summed E-state index contributed by atoms with van der Waals surface area (Å²) in [5, 5.41) is 16.3. The number of nitro groups is 1. The zero-order valence-corrected chi connectivity index (χ0v) is 14.5. The van der Waals surface area contributed by atoms with Crippen molar-refractivity contribution < 1.29 is 4.92 Å². The molecule has 2 aromatic heterocycles. The normalized spacial score (nSPS) is 10.6. The van der Waals surface area contributed by atoms with Gasteiger partial charge in [-0.05, 0) is 22.0 Å². The van der Waals surface area contributed by atoms with Crippen LogP contribution in [0.4, 0.5) is 11.5 Å². The van der Waals surface area contributed by atoms with Gasteiger partial charge in [-0.2, -0.15) is 0 Å². The van der Waals surface area contributed by atoms with Crippen LogP contribution in [0.15, 0.2) is 61.1 Å². The Balaban J connectivity index is 0.00000196. The molecule has 1 N–H and O–H groups in total. The van der Waals surface area contributed by atoms with E-state index in [2.05, 4.69) is 10.3 Å². The average molecular weight is 370 g/mol. The van der Waals surface area contributed by atoms with E-state index in [1.165, 1.54) is 12.5 Å². The van der Waals surface area contributed by atoms with E-state index in [4.69, 9.17) is 4.98 Å². The van der Waals surface area contributed by atoms with Gasteiger partial charge in [-0.3, -0.25) is 0 Å². The predicted molar refractivity (Wildman–Crippen MR) is 104 cm³/mol. The van der Waals surface area contributed by atoms with Crippen LogP contribution in [0.5, 0.6) is 0 Å². The number of nitrogens with zero attached hydrogens (tertiary/aromatic N) is 4. The molecule has 4 aromatic rings. The lowest BCUT2D eigenvalue weighted by molar-refractivity contribution is -0.389. The van der Waals surface area contributed by atoms with Crippen molar-refractivity contribution in [3.8, 4) is 0 Å². The summed E-state index contributed by atoms with van der Waals surface area (Å²) in [5.41, 5.74) is 2.89. The minimum absolute atomic E-state index is 0. The standard InChI is InChI=1S/C18H15N5O2.ClH/c24-23(25)17-11-22(12-20-17)10-9-19-18-13-5-1-3-7-15(13)21-16-8-4-2-6-14(16)18;/h1-8,11-12H,9-10H2,(H,19,21);1H. The number of nitrogens with one attached hydrogen (secondary N) is 1. The summed E-state index contributed by atoms with van der Waals surface area (Å²) in [6.07, 6.45) is 2.91. The molecule has 8 heteroatoms. The number of pyridine rings is 1. The van der Waals surface area contributed by atoms with Gasteiger partial charge in [-0.15, -0.1) is 12.4 Å². The summed E-state index contributed by atoms with van der Waals surface area (Å²) in [7, 11) is 0. The second kappa shape index (κ2) is 7.37. The molecule has 0 aliphatic carbocycles. The van der Waals surface area contributed by atoms with Crippen molar-refractivity contribution in [3.05, 3.63) is 71.2 Å². The Morgan fingerprint density at radius 2 is 1.65 bits per heavy atom. The summed E-state index contributed by atoms with van der Waals surface area (Å²) < 4.78 is 1.71. The topological polar surface area (TPSA) is 85.9 Å². The number of rotatable bonds is 5. The van der Waals surface area contributed by atoms with E-state index in [1.54, 1.807) is 4.57 Å². The van der Waals surface area contributed by atoms with Crippen LogP contribution in [0.1, 0.15) is 0 Å². The lowest BCUT2D eigenvalue weighted by Gasteiger charge is -2.13. The summed E-state index contributed by atoms with van der Waals surface area (Å²) in [6, 6.07) is 16.0. The molecule has 0 aliphatic heterocycles. The molecule has 0 saturated carbocycles. The van der Waals surface area contributed by atoms with Crippen molar-refractivity contribution in [2.24, 2.45) is 0 Å². The highest BCUT2D eigenvalue weighted by atomic mass is 35.5. The zero-order valence-electron chi connectivity index (χ0n) is 13.7. The van der Waals surface area contributed by atoms with E-state index in [-0.39, 0.29) is 18.2 Å². The van der Waals surface area contributed by atoms with Gasteiger partial charge >= 0.3 is 5.82 Å². The summed E-state index contributed by atoms with van der Waals surface area (Å²) >= 11 is 0. The number of halogens is 1. The van der Waals surface area contributed by atoms with Crippen LogP contribution in [0.25, 0.3) is 21.8 Å². The highest BCUT2D eigenvalue weighted by Crippen LogP contribution is 2.30. The van der Waals surface area contributed by atoms with Crippen molar-refractivity contribution in [1.82, 2.24) is 14.5 Å². The molecule has 0 unspecified atom stereocenters.